The highest BCUT2D eigenvalue weighted by Gasteiger charge is 1.97. The smallest absolute Gasteiger partial charge is 0.407 e. The van der Waals surface area contributed by atoms with Crippen molar-refractivity contribution in [2.24, 2.45) is 0 Å². The van der Waals surface area contributed by atoms with Crippen LogP contribution in [0.4, 0.5) is 4.79 Å². The van der Waals surface area contributed by atoms with Crippen molar-refractivity contribution >= 4 is 18.1 Å². The van der Waals surface area contributed by atoms with E-state index in [0.717, 1.165) is 19.6 Å². The van der Waals surface area contributed by atoms with Gasteiger partial charge in [-0.05, 0) is 46.2 Å². The third kappa shape index (κ3) is 36.0. The van der Waals surface area contributed by atoms with Gasteiger partial charge in [0.05, 0.1) is 13.2 Å². The van der Waals surface area contributed by atoms with Gasteiger partial charge in [-0.2, -0.15) is 0 Å². The van der Waals surface area contributed by atoms with Gasteiger partial charge in [0, 0.05) is 32.6 Å². The molecule has 0 atom stereocenters. The van der Waals surface area contributed by atoms with Gasteiger partial charge in [0.15, 0.2) is 0 Å². The summed E-state index contributed by atoms with van der Waals surface area (Å²) in [4.78, 5) is 10.7. The molecule has 0 aliphatic carbocycles. The SMILES string of the molecule is CCO.CCOCCCNC(=O)OCC.CCOSC. The number of ether oxygens (including phenoxy) is 2. The highest BCUT2D eigenvalue weighted by atomic mass is 32.2. The van der Waals surface area contributed by atoms with Crippen LogP contribution in [0.3, 0.4) is 0 Å². The van der Waals surface area contributed by atoms with Crippen LogP contribution in [0, 0.1) is 0 Å². The molecular weight excluding hydrogens is 282 g/mol. The van der Waals surface area contributed by atoms with Crippen LogP contribution in [0.25, 0.3) is 0 Å². The molecule has 0 bridgehead atoms. The lowest BCUT2D eigenvalue weighted by molar-refractivity contribution is 0.137. The van der Waals surface area contributed by atoms with Crippen molar-refractivity contribution in [2.75, 3.05) is 45.8 Å². The second kappa shape index (κ2) is 26.9. The van der Waals surface area contributed by atoms with Gasteiger partial charge < -0.3 is 24.1 Å². The van der Waals surface area contributed by atoms with E-state index in [1.165, 1.54) is 12.0 Å². The van der Waals surface area contributed by atoms with Crippen LogP contribution >= 0.6 is 12.0 Å². The van der Waals surface area contributed by atoms with Crippen LogP contribution in [0.2, 0.25) is 0 Å². The lowest BCUT2D eigenvalue weighted by atomic mass is 10.4. The van der Waals surface area contributed by atoms with Gasteiger partial charge in [-0.1, -0.05) is 0 Å². The Morgan fingerprint density at radius 2 is 1.75 bits per heavy atom. The summed E-state index contributed by atoms with van der Waals surface area (Å²) in [6, 6.07) is 0. The number of nitrogens with one attached hydrogen (secondary N) is 1. The molecule has 0 unspecified atom stereocenters. The van der Waals surface area contributed by atoms with Crippen LogP contribution in [0.1, 0.15) is 34.1 Å². The molecule has 0 fully saturated rings. The van der Waals surface area contributed by atoms with Crippen molar-refractivity contribution < 1.29 is 23.6 Å². The molecule has 0 aliphatic heterocycles. The minimum Gasteiger partial charge on any atom is -0.450 e. The van der Waals surface area contributed by atoms with Crippen LogP contribution in [-0.2, 0) is 13.7 Å². The van der Waals surface area contributed by atoms with Gasteiger partial charge in [-0.3, -0.25) is 0 Å². The van der Waals surface area contributed by atoms with Crippen molar-refractivity contribution in [1.82, 2.24) is 5.32 Å². The molecule has 0 rings (SSSR count). The fourth-order valence-corrected chi connectivity index (χ4v) is 1.04. The molecule has 0 saturated carbocycles. The molecule has 0 aromatic rings. The molecule has 6 nitrogen and oxygen atoms in total. The van der Waals surface area contributed by atoms with E-state index in [1.54, 1.807) is 13.8 Å². The maximum Gasteiger partial charge on any atom is 0.407 e. The molecule has 0 aromatic heterocycles. The molecule has 1 amide bonds. The zero-order valence-electron chi connectivity index (χ0n) is 13.4. The van der Waals surface area contributed by atoms with E-state index in [4.69, 9.17) is 14.0 Å². The van der Waals surface area contributed by atoms with Gasteiger partial charge in [0.1, 0.15) is 0 Å². The van der Waals surface area contributed by atoms with Crippen LogP contribution in [-0.4, -0.2) is 57.0 Å². The summed E-state index contributed by atoms with van der Waals surface area (Å²) in [6.45, 7) is 10.9. The Hall–Kier alpha value is -0.500. The fourth-order valence-electron chi connectivity index (χ4n) is 0.809. The lowest BCUT2D eigenvalue weighted by Crippen LogP contribution is -2.25. The molecule has 0 spiro atoms. The fraction of sp³-hybridized carbons (Fsp3) is 0.923. The maximum absolute atomic E-state index is 10.7. The average molecular weight is 313 g/mol. The topological polar surface area (TPSA) is 77.0 Å². The molecule has 20 heavy (non-hydrogen) atoms. The second-order valence-electron chi connectivity index (χ2n) is 3.09. The zero-order valence-corrected chi connectivity index (χ0v) is 14.3. The Bertz CT molecular complexity index is 171. The Morgan fingerprint density at radius 3 is 2.10 bits per heavy atom. The first-order valence-corrected chi connectivity index (χ1v) is 8.04. The van der Waals surface area contributed by atoms with Crippen molar-refractivity contribution in [3.63, 3.8) is 0 Å². The maximum atomic E-state index is 10.7. The van der Waals surface area contributed by atoms with Crippen LogP contribution in [0.15, 0.2) is 0 Å². The molecule has 0 aliphatic rings. The first kappa shape index (κ1) is 24.5. The predicted octanol–water partition coefficient (Wildman–Crippen LogP) is 2.46. The zero-order chi connectivity index (χ0) is 16.1. The van der Waals surface area contributed by atoms with Crippen molar-refractivity contribution in [2.45, 2.75) is 34.1 Å². The van der Waals surface area contributed by atoms with Gasteiger partial charge in [-0.15, -0.1) is 0 Å². The highest BCUT2D eigenvalue weighted by molar-refractivity contribution is 7.93. The third-order valence-corrected chi connectivity index (χ3v) is 1.92. The lowest BCUT2D eigenvalue weighted by Gasteiger charge is -2.04. The number of carbonyl (C=O) groups excluding carboxylic acids is 1. The van der Waals surface area contributed by atoms with E-state index in [9.17, 15) is 4.79 Å². The normalized spacial score (nSPS) is 8.70. The largest absolute Gasteiger partial charge is 0.450 e. The molecule has 0 radical (unpaired) electrons. The highest BCUT2D eigenvalue weighted by Crippen LogP contribution is 1.89. The first-order valence-electron chi connectivity index (χ1n) is 6.89. The summed E-state index contributed by atoms with van der Waals surface area (Å²) >= 11 is 1.40. The first-order chi connectivity index (χ1) is 9.64. The summed E-state index contributed by atoms with van der Waals surface area (Å²) in [6.07, 6.45) is 2.38. The van der Waals surface area contributed by atoms with E-state index in [0.29, 0.717) is 19.8 Å². The number of aliphatic hydroxyl groups is 1. The Balaban J connectivity index is -0.000000299. The number of carbonyl (C=O) groups is 1. The minimum absolute atomic E-state index is 0.250. The second-order valence-corrected chi connectivity index (χ2v) is 3.66. The minimum atomic E-state index is -0.353. The number of aliphatic hydroxyl groups excluding tert-OH is 1. The monoisotopic (exact) mass is 313 g/mol. The molecule has 2 N–H and O–H groups in total. The summed E-state index contributed by atoms with van der Waals surface area (Å²) in [5, 5.41) is 10.2. The quantitative estimate of drug-likeness (QED) is 0.529. The average Bonchev–Trinajstić information content (AvgIpc) is 2.41. The van der Waals surface area contributed by atoms with Gasteiger partial charge in [-0.25, -0.2) is 4.79 Å². The van der Waals surface area contributed by atoms with E-state index in [-0.39, 0.29) is 12.7 Å². The molecule has 7 heteroatoms. The Morgan fingerprint density at radius 1 is 1.15 bits per heavy atom. The van der Waals surface area contributed by atoms with Crippen LogP contribution in [0.5, 0.6) is 0 Å². The van der Waals surface area contributed by atoms with Gasteiger partial charge >= 0.3 is 6.09 Å². The Labute approximate surface area is 127 Å². The van der Waals surface area contributed by atoms with E-state index in [2.05, 4.69) is 10.1 Å². The summed E-state index contributed by atoms with van der Waals surface area (Å²) in [5.74, 6) is 0. The number of amides is 1. The van der Waals surface area contributed by atoms with Gasteiger partial charge in [0.25, 0.3) is 0 Å². The summed E-state index contributed by atoms with van der Waals surface area (Å²) < 4.78 is 14.5. The number of hydrogen-bond acceptors (Lipinski definition) is 6. The molecule has 0 saturated heterocycles. The van der Waals surface area contributed by atoms with Crippen molar-refractivity contribution in [3.05, 3.63) is 0 Å². The number of rotatable bonds is 8. The Kier molecular flexibility index (Phi) is 33.0. The summed E-state index contributed by atoms with van der Waals surface area (Å²) in [5.41, 5.74) is 0. The van der Waals surface area contributed by atoms with Gasteiger partial charge in [0.2, 0.25) is 0 Å². The third-order valence-electron chi connectivity index (χ3n) is 1.45. The van der Waals surface area contributed by atoms with E-state index < -0.39 is 0 Å². The summed E-state index contributed by atoms with van der Waals surface area (Å²) in [7, 11) is 0. The number of hydrogen-bond donors (Lipinski definition) is 2. The van der Waals surface area contributed by atoms with E-state index >= 15 is 0 Å². The molecular formula is C13H31NO5S. The van der Waals surface area contributed by atoms with Crippen LogP contribution < -0.4 is 5.32 Å². The predicted molar refractivity (Wildman–Crippen MR) is 84.0 cm³/mol. The van der Waals surface area contributed by atoms with Crippen molar-refractivity contribution in [3.8, 4) is 0 Å². The number of alkyl carbamates (subject to hydrolysis) is 1. The molecule has 124 valence electrons. The molecule has 0 heterocycles. The standard InChI is InChI=1S/C8H17NO3.C3H8OS.C2H6O/c1-3-11-7-5-6-9-8(10)12-4-2;1-3-4-5-2;1-2-3/h3-7H2,1-2H3,(H,9,10);3H2,1-2H3;3H,2H2,1H3. The molecule has 0 aromatic carbocycles. The van der Waals surface area contributed by atoms with E-state index in [1.807, 2.05) is 20.1 Å². The van der Waals surface area contributed by atoms with Crippen molar-refractivity contribution in [1.29, 1.82) is 0 Å².